The van der Waals surface area contributed by atoms with Crippen molar-refractivity contribution in [2.24, 2.45) is 5.73 Å². The number of nitrogens with two attached hydrogens (primary N) is 1. The number of aromatic nitrogens is 2. The Labute approximate surface area is 115 Å². The second-order valence-corrected chi connectivity index (χ2v) is 4.81. The summed E-state index contributed by atoms with van der Waals surface area (Å²) in [6.07, 6.45) is 3.70. The standard InChI is InChI=1S/C14H14ClN3O/c1-2-18-8-9(7-17-18)14(16)13-6-10-11(15)4-3-5-12(10)19-13/h3-8,14H,2,16H2,1H3. The van der Waals surface area contributed by atoms with E-state index in [4.69, 9.17) is 21.8 Å². The molecule has 2 aromatic heterocycles. The molecular weight excluding hydrogens is 262 g/mol. The van der Waals surface area contributed by atoms with E-state index in [2.05, 4.69) is 5.10 Å². The fourth-order valence-corrected chi connectivity index (χ4v) is 2.30. The third kappa shape index (κ3) is 2.13. The summed E-state index contributed by atoms with van der Waals surface area (Å²) >= 11 is 6.13. The third-order valence-corrected chi connectivity index (χ3v) is 3.50. The molecule has 3 rings (SSSR count). The quantitative estimate of drug-likeness (QED) is 0.797. The topological polar surface area (TPSA) is 57.0 Å². The van der Waals surface area contributed by atoms with Crippen molar-refractivity contribution >= 4 is 22.6 Å². The number of furan rings is 1. The second-order valence-electron chi connectivity index (χ2n) is 4.41. The maximum absolute atomic E-state index is 6.21. The maximum Gasteiger partial charge on any atom is 0.135 e. The number of nitrogens with zero attached hydrogens (tertiary/aromatic N) is 2. The van der Waals surface area contributed by atoms with E-state index in [0.29, 0.717) is 10.8 Å². The lowest BCUT2D eigenvalue weighted by atomic mass is 10.1. The van der Waals surface area contributed by atoms with Crippen molar-refractivity contribution in [1.82, 2.24) is 9.78 Å². The molecule has 1 aromatic carbocycles. The van der Waals surface area contributed by atoms with E-state index in [1.54, 1.807) is 6.20 Å². The molecule has 98 valence electrons. The minimum atomic E-state index is -0.330. The first-order valence-corrected chi connectivity index (χ1v) is 6.52. The third-order valence-electron chi connectivity index (χ3n) is 3.17. The highest BCUT2D eigenvalue weighted by molar-refractivity contribution is 6.35. The molecule has 0 amide bonds. The fraction of sp³-hybridized carbons (Fsp3) is 0.214. The Morgan fingerprint density at radius 2 is 2.32 bits per heavy atom. The number of hydrogen-bond acceptors (Lipinski definition) is 3. The smallest absolute Gasteiger partial charge is 0.135 e. The number of aryl methyl sites for hydroxylation is 1. The predicted molar refractivity (Wildman–Crippen MR) is 75.2 cm³/mol. The Morgan fingerprint density at radius 3 is 3.00 bits per heavy atom. The lowest BCUT2D eigenvalue weighted by molar-refractivity contribution is 0.525. The van der Waals surface area contributed by atoms with E-state index >= 15 is 0 Å². The number of benzene rings is 1. The average Bonchev–Trinajstić information content (AvgIpc) is 3.05. The molecule has 0 aliphatic rings. The zero-order chi connectivity index (χ0) is 13.4. The molecule has 0 spiro atoms. The molecule has 2 heterocycles. The summed E-state index contributed by atoms with van der Waals surface area (Å²) in [6, 6.07) is 7.14. The van der Waals surface area contributed by atoms with Crippen LogP contribution in [-0.2, 0) is 6.54 Å². The Kier molecular flexibility index (Phi) is 3.05. The van der Waals surface area contributed by atoms with Gasteiger partial charge in [0, 0.05) is 23.7 Å². The van der Waals surface area contributed by atoms with E-state index in [-0.39, 0.29) is 6.04 Å². The number of rotatable bonds is 3. The van der Waals surface area contributed by atoms with Crippen LogP contribution in [-0.4, -0.2) is 9.78 Å². The summed E-state index contributed by atoms with van der Waals surface area (Å²) in [6.45, 7) is 2.85. The Morgan fingerprint density at radius 1 is 1.47 bits per heavy atom. The zero-order valence-electron chi connectivity index (χ0n) is 10.5. The van der Waals surface area contributed by atoms with Crippen LogP contribution in [0.3, 0.4) is 0 Å². The summed E-state index contributed by atoms with van der Waals surface area (Å²) in [5.41, 5.74) is 7.89. The fourth-order valence-electron chi connectivity index (χ4n) is 2.08. The van der Waals surface area contributed by atoms with Crippen molar-refractivity contribution in [3.63, 3.8) is 0 Å². The summed E-state index contributed by atoms with van der Waals surface area (Å²) in [5.74, 6) is 0.693. The van der Waals surface area contributed by atoms with Gasteiger partial charge in [-0.05, 0) is 25.1 Å². The molecule has 0 aliphatic carbocycles. The number of fused-ring (bicyclic) bond motifs is 1. The Bertz CT molecular complexity index is 716. The molecule has 3 aromatic rings. The molecule has 1 unspecified atom stereocenters. The van der Waals surface area contributed by atoms with Crippen molar-refractivity contribution in [2.75, 3.05) is 0 Å². The van der Waals surface area contributed by atoms with Gasteiger partial charge < -0.3 is 10.2 Å². The Balaban J connectivity index is 2.01. The zero-order valence-corrected chi connectivity index (χ0v) is 11.3. The molecule has 4 nitrogen and oxygen atoms in total. The van der Waals surface area contributed by atoms with Gasteiger partial charge in [-0.3, -0.25) is 4.68 Å². The van der Waals surface area contributed by atoms with Gasteiger partial charge >= 0.3 is 0 Å². The normalized spacial score (nSPS) is 13.0. The van der Waals surface area contributed by atoms with Crippen molar-refractivity contribution in [1.29, 1.82) is 0 Å². The van der Waals surface area contributed by atoms with Crippen LogP contribution in [0, 0.1) is 0 Å². The molecule has 0 fully saturated rings. The van der Waals surface area contributed by atoms with Gasteiger partial charge in [-0.2, -0.15) is 5.10 Å². The number of halogens is 1. The molecule has 0 saturated heterocycles. The summed E-state index contributed by atoms with van der Waals surface area (Å²) in [4.78, 5) is 0. The van der Waals surface area contributed by atoms with Crippen molar-refractivity contribution in [3.05, 3.63) is 53.0 Å². The van der Waals surface area contributed by atoms with Crippen LogP contribution in [0.5, 0.6) is 0 Å². The monoisotopic (exact) mass is 275 g/mol. The van der Waals surface area contributed by atoms with Crippen LogP contribution in [0.15, 0.2) is 41.1 Å². The van der Waals surface area contributed by atoms with E-state index in [1.165, 1.54) is 0 Å². The highest BCUT2D eigenvalue weighted by atomic mass is 35.5. The molecule has 2 N–H and O–H groups in total. The maximum atomic E-state index is 6.21. The van der Waals surface area contributed by atoms with E-state index in [9.17, 15) is 0 Å². The van der Waals surface area contributed by atoms with E-state index < -0.39 is 0 Å². The molecule has 19 heavy (non-hydrogen) atoms. The first-order chi connectivity index (χ1) is 9.19. The van der Waals surface area contributed by atoms with E-state index in [1.807, 2.05) is 42.1 Å². The Hall–Kier alpha value is -1.78. The van der Waals surface area contributed by atoms with Gasteiger partial charge in [-0.25, -0.2) is 0 Å². The largest absolute Gasteiger partial charge is 0.459 e. The summed E-state index contributed by atoms with van der Waals surface area (Å²) < 4.78 is 7.60. The minimum absolute atomic E-state index is 0.330. The van der Waals surface area contributed by atoms with Crippen LogP contribution in [0.1, 0.15) is 24.3 Å². The molecule has 0 radical (unpaired) electrons. The molecule has 5 heteroatoms. The van der Waals surface area contributed by atoms with E-state index in [0.717, 1.165) is 23.1 Å². The van der Waals surface area contributed by atoms with Crippen LogP contribution in [0.4, 0.5) is 0 Å². The van der Waals surface area contributed by atoms with Gasteiger partial charge in [-0.15, -0.1) is 0 Å². The van der Waals surface area contributed by atoms with Crippen molar-refractivity contribution in [3.8, 4) is 0 Å². The summed E-state index contributed by atoms with van der Waals surface area (Å²) in [7, 11) is 0. The highest BCUT2D eigenvalue weighted by Gasteiger charge is 2.16. The van der Waals surface area contributed by atoms with Gasteiger partial charge in [-0.1, -0.05) is 17.7 Å². The average molecular weight is 276 g/mol. The SMILES string of the molecule is CCn1cc(C(N)c2cc3c(Cl)cccc3o2)cn1. The predicted octanol–water partition coefficient (Wildman–Crippen LogP) is 3.35. The lowest BCUT2D eigenvalue weighted by Gasteiger charge is -2.04. The van der Waals surface area contributed by atoms with Gasteiger partial charge in [0.15, 0.2) is 0 Å². The molecule has 0 aliphatic heterocycles. The van der Waals surface area contributed by atoms with Crippen LogP contribution < -0.4 is 5.73 Å². The lowest BCUT2D eigenvalue weighted by Crippen LogP contribution is -2.09. The first-order valence-electron chi connectivity index (χ1n) is 6.15. The van der Waals surface area contributed by atoms with Crippen LogP contribution >= 0.6 is 11.6 Å². The minimum Gasteiger partial charge on any atom is -0.459 e. The van der Waals surface area contributed by atoms with Gasteiger partial charge in [0.25, 0.3) is 0 Å². The molecule has 1 atom stereocenters. The van der Waals surface area contributed by atoms with Gasteiger partial charge in [0.05, 0.1) is 17.3 Å². The van der Waals surface area contributed by atoms with Crippen molar-refractivity contribution in [2.45, 2.75) is 19.5 Å². The van der Waals surface area contributed by atoms with Gasteiger partial charge in [0.1, 0.15) is 11.3 Å². The summed E-state index contributed by atoms with van der Waals surface area (Å²) in [5, 5.41) is 5.78. The molecule has 0 bridgehead atoms. The highest BCUT2D eigenvalue weighted by Crippen LogP contribution is 2.30. The number of hydrogen-bond donors (Lipinski definition) is 1. The first kappa shape index (κ1) is 12.3. The molecule has 0 saturated carbocycles. The van der Waals surface area contributed by atoms with Crippen LogP contribution in [0.25, 0.3) is 11.0 Å². The second kappa shape index (κ2) is 4.72. The van der Waals surface area contributed by atoms with Gasteiger partial charge in [0.2, 0.25) is 0 Å². The van der Waals surface area contributed by atoms with Crippen molar-refractivity contribution < 1.29 is 4.42 Å². The molecular formula is C14H14ClN3O. The van der Waals surface area contributed by atoms with Crippen LogP contribution in [0.2, 0.25) is 5.02 Å².